The Morgan fingerprint density at radius 1 is 1.32 bits per heavy atom. The number of aromatic nitrogens is 1. The third-order valence-corrected chi connectivity index (χ3v) is 3.64. The van der Waals surface area contributed by atoms with Crippen molar-refractivity contribution in [2.75, 3.05) is 19.8 Å². The van der Waals surface area contributed by atoms with E-state index in [0.717, 1.165) is 16.5 Å². The number of β-amino-alcohol motifs (C(OH)–C–C–N with tert-alkyl or cyclic N) is 1. The zero-order chi connectivity index (χ0) is 18.6. The molecular weight excluding hydrogens is 320 g/mol. The molecular formula is C19H28N2O4. The van der Waals surface area contributed by atoms with Gasteiger partial charge in [-0.25, -0.2) is 4.79 Å². The number of H-pyrrole nitrogens is 1. The van der Waals surface area contributed by atoms with Gasteiger partial charge in [0, 0.05) is 17.5 Å². The largest absolute Gasteiger partial charge is 0.490 e. The van der Waals surface area contributed by atoms with Crippen LogP contribution in [0, 0.1) is 6.92 Å². The number of aryl methyl sites for hydroxylation is 1. The predicted molar refractivity (Wildman–Crippen MR) is 98.2 cm³/mol. The summed E-state index contributed by atoms with van der Waals surface area (Å²) in [6, 6.07) is 5.57. The third-order valence-electron chi connectivity index (χ3n) is 3.64. The highest BCUT2D eigenvalue weighted by Crippen LogP contribution is 2.28. The molecule has 0 spiro atoms. The molecule has 3 N–H and O–H groups in total. The summed E-state index contributed by atoms with van der Waals surface area (Å²) in [6.07, 6.45) is -0.627. The highest BCUT2D eigenvalue weighted by atomic mass is 16.5. The molecule has 1 heterocycles. The molecule has 1 aromatic carbocycles. The highest BCUT2D eigenvalue weighted by molar-refractivity contribution is 5.97. The fourth-order valence-corrected chi connectivity index (χ4v) is 2.45. The van der Waals surface area contributed by atoms with Crippen molar-refractivity contribution in [3.05, 3.63) is 29.5 Å². The van der Waals surface area contributed by atoms with Crippen LogP contribution in [-0.2, 0) is 4.74 Å². The quantitative estimate of drug-likeness (QED) is 0.670. The Morgan fingerprint density at radius 3 is 2.68 bits per heavy atom. The summed E-state index contributed by atoms with van der Waals surface area (Å²) in [6.45, 7) is 10.8. The second-order valence-electron chi connectivity index (χ2n) is 7.22. The number of aromatic amines is 1. The molecule has 138 valence electrons. The summed E-state index contributed by atoms with van der Waals surface area (Å²) in [5.74, 6) is 0.244. The number of hydrogen-bond donors (Lipinski definition) is 3. The Hall–Kier alpha value is -2.05. The molecule has 2 aromatic rings. The van der Waals surface area contributed by atoms with E-state index >= 15 is 0 Å². The van der Waals surface area contributed by atoms with Gasteiger partial charge < -0.3 is 24.9 Å². The molecule has 0 aliphatic carbocycles. The Morgan fingerprint density at radius 2 is 2.04 bits per heavy atom. The first-order valence-corrected chi connectivity index (χ1v) is 8.56. The number of carbonyl (C=O) groups is 1. The van der Waals surface area contributed by atoms with E-state index in [2.05, 4.69) is 10.3 Å². The lowest BCUT2D eigenvalue weighted by molar-refractivity contribution is 0.0520. The van der Waals surface area contributed by atoms with Crippen LogP contribution in [0.5, 0.6) is 5.75 Å². The molecule has 1 atom stereocenters. The molecule has 1 aromatic heterocycles. The van der Waals surface area contributed by atoms with Crippen LogP contribution in [0.15, 0.2) is 18.2 Å². The molecule has 1 unspecified atom stereocenters. The Labute approximate surface area is 148 Å². The van der Waals surface area contributed by atoms with Crippen LogP contribution in [0.25, 0.3) is 10.9 Å². The molecule has 6 nitrogen and oxygen atoms in total. The first-order chi connectivity index (χ1) is 11.7. The second-order valence-corrected chi connectivity index (χ2v) is 7.22. The summed E-state index contributed by atoms with van der Waals surface area (Å²) < 4.78 is 10.8. The van der Waals surface area contributed by atoms with Gasteiger partial charge in [0.25, 0.3) is 0 Å². The highest BCUT2D eigenvalue weighted by Gasteiger charge is 2.16. The minimum absolute atomic E-state index is 0.0627. The summed E-state index contributed by atoms with van der Waals surface area (Å²) in [7, 11) is 0. The first kappa shape index (κ1) is 19.3. The van der Waals surface area contributed by atoms with Gasteiger partial charge in [-0.15, -0.1) is 0 Å². The average molecular weight is 348 g/mol. The van der Waals surface area contributed by atoms with Crippen molar-refractivity contribution in [2.45, 2.75) is 46.3 Å². The van der Waals surface area contributed by atoms with E-state index in [-0.39, 0.29) is 12.1 Å². The van der Waals surface area contributed by atoms with Crippen molar-refractivity contribution in [1.82, 2.24) is 10.3 Å². The van der Waals surface area contributed by atoms with Crippen molar-refractivity contribution in [2.24, 2.45) is 0 Å². The molecule has 0 radical (unpaired) electrons. The number of aliphatic hydroxyl groups is 1. The number of hydrogen-bond acceptors (Lipinski definition) is 5. The molecule has 2 rings (SSSR count). The Kier molecular flexibility index (Phi) is 6.08. The molecule has 0 aliphatic heterocycles. The van der Waals surface area contributed by atoms with Crippen molar-refractivity contribution in [1.29, 1.82) is 0 Å². The van der Waals surface area contributed by atoms with E-state index in [1.165, 1.54) is 0 Å². The van der Waals surface area contributed by atoms with Crippen LogP contribution in [0.1, 0.15) is 43.7 Å². The molecule has 6 heteroatoms. The molecule has 0 saturated heterocycles. The first-order valence-electron chi connectivity index (χ1n) is 8.56. The molecule has 25 heavy (non-hydrogen) atoms. The molecule has 0 saturated carbocycles. The predicted octanol–water partition coefficient (Wildman–Crippen LogP) is 2.78. The van der Waals surface area contributed by atoms with Gasteiger partial charge in [-0.2, -0.15) is 0 Å². The lowest BCUT2D eigenvalue weighted by Crippen LogP contribution is -2.42. The van der Waals surface area contributed by atoms with Crippen LogP contribution in [-0.4, -0.2) is 47.5 Å². The van der Waals surface area contributed by atoms with Gasteiger partial charge in [-0.1, -0.05) is 0 Å². The van der Waals surface area contributed by atoms with Crippen molar-refractivity contribution in [3.8, 4) is 5.75 Å². The van der Waals surface area contributed by atoms with Gasteiger partial charge in [-0.3, -0.25) is 0 Å². The van der Waals surface area contributed by atoms with Crippen molar-refractivity contribution >= 4 is 16.9 Å². The zero-order valence-corrected chi connectivity index (χ0v) is 15.6. The maximum absolute atomic E-state index is 11.9. The number of aliphatic hydroxyl groups excluding tert-OH is 1. The van der Waals surface area contributed by atoms with Crippen LogP contribution >= 0.6 is 0 Å². The lowest BCUT2D eigenvalue weighted by Gasteiger charge is -2.23. The van der Waals surface area contributed by atoms with Crippen LogP contribution < -0.4 is 10.1 Å². The van der Waals surface area contributed by atoms with E-state index in [0.29, 0.717) is 24.6 Å². The summed E-state index contributed by atoms with van der Waals surface area (Å²) in [5.41, 5.74) is 2.14. The van der Waals surface area contributed by atoms with Gasteiger partial charge in [-0.05, 0) is 58.4 Å². The summed E-state index contributed by atoms with van der Waals surface area (Å²) in [5, 5.41) is 14.1. The van der Waals surface area contributed by atoms with Crippen LogP contribution in [0.2, 0.25) is 0 Å². The number of rotatable bonds is 7. The maximum Gasteiger partial charge on any atom is 0.354 e. The van der Waals surface area contributed by atoms with Gasteiger partial charge >= 0.3 is 5.97 Å². The topological polar surface area (TPSA) is 83.6 Å². The third kappa shape index (κ3) is 5.47. The monoisotopic (exact) mass is 348 g/mol. The lowest BCUT2D eigenvalue weighted by atomic mass is 10.1. The standard InChI is InChI=1S/C19H28N2O4/c1-6-24-18(23)16-9-14-15(21-16)7-12(2)8-17(14)25-11-13(22)10-20-19(3,4)5/h7-9,13,20-22H,6,10-11H2,1-5H3. The minimum atomic E-state index is -0.627. The van der Waals surface area contributed by atoms with Gasteiger partial charge in [0.1, 0.15) is 24.2 Å². The van der Waals surface area contributed by atoms with Gasteiger partial charge in [0.05, 0.1) is 12.1 Å². The SMILES string of the molecule is CCOC(=O)c1cc2c(OCC(O)CNC(C)(C)C)cc(C)cc2[nH]1. The van der Waals surface area contributed by atoms with Gasteiger partial charge in [0.2, 0.25) is 0 Å². The van der Waals surface area contributed by atoms with Crippen LogP contribution in [0.3, 0.4) is 0 Å². The molecule has 0 aliphatic rings. The minimum Gasteiger partial charge on any atom is -0.490 e. The van der Waals surface area contributed by atoms with Gasteiger partial charge in [0.15, 0.2) is 0 Å². The molecule has 0 bridgehead atoms. The molecule has 0 fully saturated rings. The van der Waals surface area contributed by atoms with E-state index in [1.807, 2.05) is 39.8 Å². The number of fused-ring (bicyclic) bond motifs is 1. The maximum atomic E-state index is 11.9. The number of ether oxygens (including phenoxy) is 2. The van der Waals surface area contributed by atoms with E-state index < -0.39 is 12.1 Å². The number of benzene rings is 1. The Bertz CT molecular complexity index is 731. The fraction of sp³-hybridized carbons (Fsp3) is 0.526. The normalized spacial score (nSPS) is 13.0. The summed E-state index contributed by atoms with van der Waals surface area (Å²) >= 11 is 0. The Balaban J connectivity index is 2.13. The second kappa shape index (κ2) is 7.89. The number of carbonyl (C=O) groups excluding carboxylic acids is 1. The van der Waals surface area contributed by atoms with Crippen LogP contribution in [0.4, 0.5) is 0 Å². The zero-order valence-electron chi connectivity index (χ0n) is 15.6. The fourth-order valence-electron chi connectivity index (χ4n) is 2.45. The number of esters is 1. The van der Waals surface area contributed by atoms with E-state index in [9.17, 15) is 9.90 Å². The summed E-state index contributed by atoms with van der Waals surface area (Å²) in [4.78, 5) is 15.0. The van der Waals surface area contributed by atoms with E-state index in [1.54, 1.807) is 13.0 Å². The van der Waals surface area contributed by atoms with Crippen molar-refractivity contribution in [3.63, 3.8) is 0 Å². The van der Waals surface area contributed by atoms with Crippen molar-refractivity contribution < 1.29 is 19.4 Å². The number of nitrogens with one attached hydrogen (secondary N) is 2. The smallest absolute Gasteiger partial charge is 0.354 e. The van der Waals surface area contributed by atoms with E-state index in [4.69, 9.17) is 9.47 Å². The molecule has 0 amide bonds. The average Bonchev–Trinajstić information content (AvgIpc) is 2.94.